The molecule has 1 fully saturated rings. The van der Waals surface area contributed by atoms with Crippen LogP contribution in [-0.4, -0.2) is 49.2 Å². The zero-order valence-electron chi connectivity index (χ0n) is 14.4. The van der Waals surface area contributed by atoms with Gasteiger partial charge < -0.3 is 10.2 Å². The Morgan fingerprint density at radius 2 is 2.11 bits per heavy atom. The quantitative estimate of drug-likeness (QED) is 0.743. The lowest BCUT2D eigenvalue weighted by Gasteiger charge is -2.31. The maximum atomic E-state index is 14.2. The van der Waals surface area contributed by atoms with Crippen molar-refractivity contribution in [2.24, 2.45) is 5.92 Å². The number of piperidine rings is 1. The number of rotatable bonds is 4. The SMILES string of the molecule is O=C(Nc1cc(-n2cnnn2)ccc1F)C1CCCN(c2ncccn2)C1. The van der Waals surface area contributed by atoms with E-state index < -0.39 is 5.82 Å². The van der Waals surface area contributed by atoms with Crippen LogP contribution in [0.2, 0.25) is 0 Å². The summed E-state index contributed by atoms with van der Waals surface area (Å²) in [5.74, 6) is -0.428. The van der Waals surface area contributed by atoms with Crippen molar-refractivity contribution in [3.63, 3.8) is 0 Å². The van der Waals surface area contributed by atoms with Crippen LogP contribution in [0.3, 0.4) is 0 Å². The van der Waals surface area contributed by atoms with Crippen molar-refractivity contribution in [3.05, 3.63) is 48.8 Å². The highest BCUT2D eigenvalue weighted by molar-refractivity contribution is 5.93. The van der Waals surface area contributed by atoms with Gasteiger partial charge in [0.25, 0.3) is 0 Å². The molecule has 1 aliphatic heterocycles. The van der Waals surface area contributed by atoms with Gasteiger partial charge in [0.2, 0.25) is 11.9 Å². The number of nitrogens with zero attached hydrogens (tertiary/aromatic N) is 7. The molecule has 3 heterocycles. The van der Waals surface area contributed by atoms with Gasteiger partial charge >= 0.3 is 0 Å². The number of benzene rings is 1. The Hall–Kier alpha value is -3.43. The van der Waals surface area contributed by atoms with Crippen LogP contribution in [-0.2, 0) is 4.79 Å². The number of hydrogen-bond donors (Lipinski definition) is 1. The molecule has 1 amide bonds. The van der Waals surface area contributed by atoms with Crippen LogP contribution in [0.1, 0.15) is 12.8 Å². The second-order valence-corrected chi connectivity index (χ2v) is 6.24. The lowest BCUT2D eigenvalue weighted by Crippen LogP contribution is -2.41. The van der Waals surface area contributed by atoms with Gasteiger partial charge in [-0.3, -0.25) is 4.79 Å². The van der Waals surface area contributed by atoms with Gasteiger partial charge in [0.15, 0.2) is 0 Å². The molecule has 0 radical (unpaired) electrons. The predicted molar refractivity (Wildman–Crippen MR) is 94.7 cm³/mol. The standard InChI is InChI=1S/C17H17FN8O/c18-14-5-4-13(26-11-21-23-24-26)9-15(14)22-16(27)12-3-1-8-25(10-12)17-19-6-2-7-20-17/h2,4-7,9,11-12H,1,3,8,10H2,(H,22,27). The summed E-state index contributed by atoms with van der Waals surface area (Å²) >= 11 is 0. The maximum Gasteiger partial charge on any atom is 0.229 e. The molecule has 2 aromatic heterocycles. The fraction of sp³-hybridized carbons (Fsp3) is 0.294. The molecule has 0 saturated carbocycles. The third kappa shape index (κ3) is 3.73. The Balaban J connectivity index is 1.48. The van der Waals surface area contributed by atoms with Crippen molar-refractivity contribution in [2.75, 3.05) is 23.3 Å². The molecular formula is C17H17FN8O. The highest BCUT2D eigenvalue weighted by atomic mass is 19.1. The second kappa shape index (κ2) is 7.44. The average Bonchev–Trinajstić information content (AvgIpc) is 3.25. The molecule has 4 rings (SSSR count). The van der Waals surface area contributed by atoms with Gasteiger partial charge in [-0.1, -0.05) is 0 Å². The van der Waals surface area contributed by atoms with Crippen molar-refractivity contribution in [1.82, 2.24) is 30.2 Å². The molecule has 9 nitrogen and oxygen atoms in total. The van der Waals surface area contributed by atoms with Gasteiger partial charge in [-0.25, -0.2) is 19.0 Å². The lowest BCUT2D eigenvalue weighted by atomic mass is 9.97. The van der Waals surface area contributed by atoms with Crippen LogP contribution in [0.5, 0.6) is 0 Å². The van der Waals surface area contributed by atoms with Gasteiger partial charge in [0, 0.05) is 25.5 Å². The van der Waals surface area contributed by atoms with Crippen molar-refractivity contribution in [3.8, 4) is 5.69 Å². The summed E-state index contributed by atoms with van der Waals surface area (Å²) in [4.78, 5) is 23.1. The maximum absolute atomic E-state index is 14.2. The fourth-order valence-electron chi connectivity index (χ4n) is 3.09. The summed E-state index contributed by atoms with van der Waals surface area (Å²) in [7, 11) is 0. The van der Waals surface area contributed by atoms with E-state index in [0.717, 1.165) is 19.4 Å². The molecule has 1 saturated heterocycles. The number of amides is 1. The minimum absolute atomic E-state index is 0.0982. The first-order valence-corrected chi connectivity index (χ1v) is 8.56. The number of tetrazole rings is 1. The summed E-state index contributed by atoms with van der Waals surface area (Å²) in [6.07, 6.45) is 6.31. The third-order valence-electron chi connectivity index (χ3n) is 4.45. The Labute approximate surface area is 154 Å². The van der Waals surface area contributed by atoms with Crippen molar-refractivity contribution in [2.45, 2.75) is 12.8 Å². The van der Waals surface area contributed by atoms with Gasteiger partial charge in [-0.2, -0.15) is 0 Å². The first-order valence-electron chi connectivity index (χ1n) is 8.56. The van der Waals surface area contributed by atoms with E-state index in [-0.39, 0.29) is 17.5 Å². The molecule has 138 valence electrons. The molecule has 1 atom stereocenters. The number of hydrogen-bond acceptors (Lipinski definition) is 7. The Kier molecular flexibility index (Phi) is 4.69. The van der Waals surface area contributed by atoms with Crippen LogP contribution in [0.4, 0.5) is 16.0 Å². The Bertz CT molecular complexity index is 918. The predicted octanol–water partition coefficient (Wildman–Crippen LogP) is 1.45. The van der Waals surface area contributed by atoms with Crippen molar-refractivity contribution in [1.29, 1.82) is 0 Å². The number of carbonyl (C=O) groups is 1. The van der Waals surface area contributed by atoms with Gasteiger partial charge in [-0.05, 0) is 47.5 Å². The molecule has 10 heteroatoms. The summed E-state index contributed by atoms with van der Waals surface area (Å²) in [6, 6.07) is 6.07. The molecule has 1 N–H and O–H groups in total. The van der Waals surface area contributed by atoms with Crippen LogP contribution in [0, 0.1) is 11.7 Å². The van der Waals surface area contributed by atoms with E-state index in [0.29, 0.717) is 18.2 Å². The number of nitrogens with one attached hydrogen (secondary N) is 1. The molecular weight excluding hydrogens is 351 g/mol. The van der Waals surface area contributed by atoms with Gasteiger partial charge in [-0.15, -0.1) is 5.10 Å². The van der Waals surface area contributed by atoms with Crippen LogP contribution in [0.25, 0.3) is 5.69 Å². The second-order valence-electron chi connectivity index (χ2n) is 6.24. The molecule has 0 bridgehead atoms. The lowest BCUT2D eigenvalue weighted by molar-refractivity contribution is -0.120. The molecule has 1 aromatic carbocycles. The Morgan fingerprint density at radius 1 is 1.26 bits per heavy atom. The molecule has 0 spiro atoms. The highest BCUT2D eigenvalue weighted by Crippen LogP contribution is 2.23. The number of halogens is 1. The molecule has 0 aliphatic carbocycles. The molecule has 27 heavy (non-hydrogen) atoms. The fourth-order valence-corrected chi connectivity index (χ4v) is 3.09. The molecule has 1 aliphatic rings. The summed E-state index contributed by atoms with van der Waals surface area (Å²) in [6.45, 7) is 1.28. The van der Waals surface area contributed by atoms with E-state index in [9.17, 15) is 9.18 Å². The van der Waals surface area contributed by atoms with Crippen LogP contribution in [0.15, 0.2) is 43.0 Å². The molecule has 3 aromatic rings. The number of aromatic nitrogens is 6. The molecule has 1 unspecified atom stereocenters. The first kappa shape index (κ1) is 17.0. The number of carbonyl (C=O) groups excluding carboxylic acids is 1. The van der Waals surface area contributed by atoms with Crippen molar-refractivity contribution < 1.29 is 9.18 Å². The van der Waals surface area contributed by atoms with Crippen LogP contribution >= 0.6 is 0 Å². The van der Waals surface area contributed by atoms with Gasteiger partial charge in [0.1, 0.15) is 12.1 Å². The zero-order valence-corrected chi connectivity index (χ0v) is 14.4. The minimum Gasteiger partial charge on any atom is -0.340 e. The van der Waals surface area contributed by atoms with E-state index in [4.69, 9.17) is 0 Å². The topological polar surface area (TPSA) is 102 Å². The largest absolute Gasteiger partial charge is 0.340 e. The first-order chi connectivity index (χ1) is 13.2. The smallest absolute Gasteiger partial charge is 0.229 e. The monoisotopic (exact) mass is 368 g/mol. The summed E-state index contributed by atoms with van der Waals surface area (Å²) < 4.78 is 15.6. The number of anilines is 2. The van der Waals surface area contributed by atoms with E-state index >= 15 is 0 Å². The van der Waals surface area contributed by atoms with Crippen molar-refractivity contribution >= 4 is 17.5 Å². The third-order valence-corrected chi connectivity index (χ3v) is 4.45. The van der Waals surface area contributed by atoms with E-state index in [1.54, 1.807) is 18.5 Å². The zero-order chi connectivity index (χ0) is 18.6. The Morgan fingerprint density at radius 3 is 2.89 bits per heavy atom. The normalized spacial score (nSPS) is 16.9. The summed E-state index contributed by atoms with van der Waals surface area (Å²) in [5, 5.41) is 13.6. The highest BCUT2D eigenvalue weighted by Gasteiger charge is 2.27. The van der Waals surface area contributed by atoms with Crippen LogP contribution < -0.4 is 10.2 Å². The average molecular weight is 368 g/mol. The van der Waals surface area contributed by atoms with E-state index in [2.05, 4.69) is 30.8 Å². The van der Waals surface area contributed by atoms with E-state index in [1.807, 2.05) is 4.90 Å². The van der Waals surface area contributed by atoms with E-state index in [1.165, 1.54) is 29.2 Å². The summed E-state index contributed by atoms with van der Waals surface area (Å²) in [5.41, 5.74) is 0.653. The van der Waals surface area contributed by atoms with Gasteiger partial charge in [0.05, 0.1) is 17.3 Å². The minimum atomic E-state index is -0.515.